The zero-order chi connectivity index (χ0) is 27.8. The summed E-state index contributed by atoms with van der Waals surface area (Å²) in [7, 11) is 1.98. The van der Waals surface area contributed by atoms with Crippen molar-refractivity contribution < 1.29 is 17.5 Å². The number of furan rings is 1. The second-order valence-corrected chi connectivity index (χ2v) is 9.66. The molecule has 1 unspecified atom stereocenters. The van der Waals surface area contributed by atoms with E-state index < -0.39 is 18.1 Å². The van der Waals surface area contributed by atoms with E-state index in [-0.39, 0.29) is 12.0 Å². The van der Waals surface area contributed by atoms with Gasteiger partial charge in [-0.1, -0.05) is 60.7 Å². The van der Waals surface area contributed by atoms with Crippen LogP contribution in [0, 0.1) is 12.7 Å². The Balaban J connectivity index is 1.54. The van der Waals surface area contributed by atoms with Crippen molar-refractivity contribution in [2.45, 2.75) is 25.6 Å². The number of rotatable bonds is 3. The zero-order valence-electron chi connectivity index (χ0n) is 23.7. The third-order valence-corrected chi connectivity index (χ3v) is 7.50. The van der Waals surface area contributed by atoms with Crippen molar-refractivity contribution in [1.82, 2.24) is 0 Å². The van der Waals surface area contributed by atoms with Gasteiger partial charge in [0, 0.05) is 32.9 Å². The molecule has 180 valence electrons. The largest absolute Gasteiger partial charge is 0.454 e. The molecule has 1 atom stereocenters. The fourth-order valence-corrected chi connectivity index (χ4v) is 5.70. The van der Waals surface area contributed by atoms with Gasteiger partial charge in [-0.25, -0.2) is 8.96 Å². The maximum absolute atomic E-state index is 15.9. The first kappa shape index (κ1) is 18.9. The minimum atomic E-state index is -1.84. The maximum Gasteiger partial charge on any atom is 0.216 e. The SMILES string of the molecule is [2H]C1([2H])CC([2H])(c2ccccc2)c2cccc(-c3c(F)ccc4c3oc3c(-c5cccc[n+]5C)c(C)ccc34)c21. The molecule has 0 radical (unpaired) electrons. The number of halogens is 1. The van der Waals surface area contributed by atoms with Crippen LogP contribution in [0.25, 0.3) is 44.3 Å². The summed E-state index contributed by atoms with van der Waals surface area (Å²) >= 11 is 0. The average molecular weight is 488 g/mol. The average Bonchev–Trinajstić information content (AvgIpc) is 3.42. The highest BCUT2D eigenvalue weighted by molar-refractivity contribution is 6.13. The number of pyridine rings is 1. The van der Waals surface area contributed by atoms with Crippen LogP contribution in [0.5, 0.6) is 0 Å². The molecule has 6 aromatic rings. The minimum Gasteiger partial charge on any atom is -0.454 e. The summed E-state index contributed by atoms with van der Waals surface area (Å²) in [6, 6.07) is 27.9. The molecule has 2 heterocycles. The van der Waals surface area contributed by atoms with Gasteiger partial charge in [0.05, 0.1) is 11.1 Å². The van der Waals surface area contributed by atoms with E-state index in [9.17, 15) is 1.37 Å². The zero-order valence-corrected chi connectivity index (χ0v) is 20.7. The van der Waals surface area contributed by atoms with Gasteiger partial charge < -0.3 is 4.42 Å². The molecule has 2 aromatic heterocycles. The highest BCUT2D eigenvalue weighted by Crippen LogP contribution is 2.46. The van der Waals surface area contributed by atoms with Crippen molar-refractivity contribution in [3.63, 3.8) is 0 Å². The maximum atomic E-state index is 15.9. The molecule has 2 nitrogen and oxygen atoms in total. The summed E-state index contributed by atoms with van der Waals surface area (Å²) in [5.41, 5.74) is 6.28. The Morgan fingerprint density at radius 3 is 2.43 bits per heavy atom. The summed E-state index contributed by atoms with van der Waals surface area (Å²) in [6.45, 7) is 2.03. The molecule has 37 heavy (non-hydrogen) atoms. The van der Waals surface area contributed by atoms with Crippen LogP contribution in [0.15, 0.2) is 102 Å². The highest BCUT2D eigenvalue weighted by Gasteiger charge is 2.29. The Morgan fingerprint density at radius 1 is 0.865 bits per heavy atom. The van der Waals surface area contributed by atoms with Crippen LogP contribution in [0.2, 0.25) is 0 Å². The lowest BCUT2D eigenvalue weighted by Crippen LogP contribution is -2.30. The van der Waals surface area contributed by atoms with Gasteiger partial charge in [0.2, 0.25) is 5.69 Å². The number of hydrogen-bond acceptors (Lipinski definition) is 1. The van der Waals surface area contributed by atoms with Gasteiger partial charge in [-0.2, -0.15) is 0 Å². The lowest BCUT2D eigenvalue weighted by atomic mass is 9.90. The van der Waals surface area contributed by atoms with Gasteiger partial charge in [-0.3, -0.25) is 0 Å². The van der Waals surface area contributed by atoms with E-state index in [4.69, 9.17) is 7.16 Å². The lowest BCUT2D eigenvalue weighted by molar-refractivity contribution is -0.660. The molecule has 0 aliphatic heterocycles. The van der Waals surface area contributed by atoms with Crippen LogP contribution in [0.4, 0.5) is 4.39 Å². The number of fused-ring (bicyclic) bond motifs is 4. The van der Waals surface area contributed by atoms with Crippen molar-refractivity contribution in [2.24, 2.45) is 7.05 Å². The molecule has 0 bridgehead atoms. The molecule has 0 fully saturated rings. The standard InChI is InChI=1S/C34H27FNO/c1-21-14-15-27-28-18-19-29(35)32(34(28)37-33(27)31(21)30-13-6-7-20-36(30)2)26-12-8-11-24-23(16-17-25(24)26)22-9-4-3-5-10-22/h3-15,18-20,23H,16-17H2,1-2H3/q+1/i17D2,23D. The predicted molar refractivity (Wildman–Crippen MR) is 147 cm³/mol. The van der Waals surface area contributed by atoms with E-state index in [1.54, 1.807) is 24.3 Å². The summed E-state index contributed by atoms with van der Waals surface area (Å²) in [5, 5.41) is 1.64. The normalized spacial score (nSPS) is 19.5. The molecule has 1 aliphatic carbocycles. The Morgan fingerprint density at radius 2 is 1.62 bits per heavy atom. The molecule has 0 N–H and O–H groups in total. The second kappa shape index (κ2) is 8.41. The third kappa shape index (κ3) is 3.34. The van der Waals surface area contributed by atoms with Gasteiger partial charge >= 0.3 is 0 Å². The summed E-state index contributed by atoms with van der Waals surface area (Å²) in [6.07, 6.45) is 0.0855. The fraction of sp³-hybridized carbons (Fsp3) is 0.147. The molecule has 0 saturated heterocycles. The van der Waals surface area contributed by atoms with Crippen LogP contribution in [-0.4, -0.2) is 0 Å². The van der Waals surface area contributed by atoms with E-state index in [0.717, 1.165) is 27.6 Å². The first-order valence-corrected chi connectivity index (χ1v) is 12.5. The Kier molecular flexibility index (Phi) is 4.31. The monoisotopic (exact) mass is 487 g/mol. The van der Waals surface area contributed by atoms with Gasteiger partial charge in [0.25, 0.3) is 0 Å². The van der Waals surface area contributed by atoms with Crippen LogP contribution in [0.1, 0.15) is 38.7 Å². The van der Waals surface area contributed by atoms with E-state index in [2.05, 4.69) is 6.07 Å². The van der Waals surface area contributed by atoms with Gasteiger partial charge in [-0.05, 0) is 65.7 Å². The quantitative estimate of drug-likeness (QED) is 0.230. The summed E-state index contributed by atoms with van der Waals surface area (Å²) < 4.78 is 52.0. The predicted octanol–water partition coefficient (Wildman–Crippen LogP) is 8.27. The van der Waals surface area contributed by atoms with Gasteiger partial charge in [-0.15, -0.1) is 0 Å². The summed E-state index contributed by atoms with van der Waals surface area (Å²) in [4.78, 5) is 0. The Bertz CT molecular complexity index is 1960. The second-order valence-electron chi connectivity index (χ2n) is 9.66. The highest BCUT2D eigenvalue weighted by atomic mass is 19.1. The van der Waals surface area contributed by atoms with Crippen LogP contribution in [-0.2, 0) is 13.4 Å². The third-order valence-electron chi connectivity index (χ3n) is 7.50. The topological polar surface area (TPSA) is 17.0 Å². The van der Waals surface area contributed by atoms with E-state index in [0.29, 0.717) is 33.4 Å². The van der Waals surface area contributed by atoms with Gasteiger partial charge in [0.15, 0.2) is 6.20 Å². The van der Waals surface area contributed by atoms with E-state index >= 15 is 4.39 Å². The van der Waals surface area contributed by atoms with Crippen molar-refractivity contribution in [3.05, 3.63) is 125 Å². The van der Waals surface area contributed by atoms with Gasteiger partial charge in [0.1, 0.15) is 24.0 Å². The lowest BCUT2D eigenvalue weighted by Gasteiger charge is -2.14. The molecular weight excluding hydrogens is 457 g/mol. The molecule has 0 spiro atoms. The smallest absolute Gasteiger partial charge is 0.216 e. The van der Waals surface area contributed by atoms with Crippen molar-refractivity contribution in [1.29, 1.82) is 0 Å². The molecule has 3 heteroatoms. The first-order chi connectivity index (χ1) is 19.2. The van der Waals surface area contributed by atoms with Crippen LogP contribution in [0.3, 0.4) is 0 Å². The van der Waals surface area contributed by atoms with Crippen LogP contribution >= 0.6 is 0 Å². The number of aromatic nitrogens is 1. The molecule has 1 aliphatic rings. The molecule has 0 saturated carbocycles. The number of benzene rings is 4. The number of nitrogens with zero attached hydrogens (tertiary/aromatic N) is 1. The molecule has 0 amide bonds. The van der Waals surface area contributed by atoms with E-state index in [1.165, 1.54) is 6.07 Å². The molecular formula is C34H27FNO+. The number of hydrogen-bond donors (Lipinski definition) is 0. The first-order valence-electron chi connectivity index (χ1n) is 14.0. The minimum absolute atomic E-state index is 0.0536. The van der Waals surface area contributed by atoms with Crippen molar-refractivity contribution in [3.8, 4) is 22.4 Å². The molecule has 4 aromatic carbocycles. The van der Waals surface area contributed by atoms with Crippen molar-refractivity contribution >= 4 is 21.9 Å². The fourth-order valence-electron chi connectivity index (χ4n) is 5.70. The van der Waals surface area contributed by atoms with Crippen molar-refractivity contribution in [2.75, 3.05) is 0 Å². The Labute approximate surface area is 219 Å². The van der Waals surface area contributed by atoms with Crippen LogP contribution < -0.4 is 4.57 Å². The van der Waals surface area contributed by atoms with E-state index in [1.807, 2.05) is 79.3 Å². The summed E-state index contributed by atoms with van der Waals surface area (Å²) in [5.74, 6) is -1.78. The number of aryl methyl sites for hydroxylation is 2. The molecule has 7 rings (SSSR count). The Hall–Kier alpha value is -4.24.